The van der Waals surface area contributed by atoms with Crippen LogP contribution in [0.5, 0.6) is 0 Å². The molecule has 2 rings (SSSR count). The van der Waals surface area contributed by atoms with E-state index in [0.29, 0.717) is 11.7 Å². The van der Waals surface area contributed by atoms with Crippen molar-refractivity contribution in [1.82, 2.24) is 10.1 Å². The Morgan fingerprint density at radius 3 is 2.25 bits per heavy atom. The lowest BCUT2D eigenvalue weighted by Crippen LogP contribution is -2.13. The van der Waals surface area contributed by atoms with Crippen molar-refractivity contribution in [2.75, 3.05) is 0 Å². The third-order valence-corrected chi connectivity index (χ3v) is 2.19. The van der Waals surface area contributed by atoms with E-state index in [4.69, 9.17) is 4.52 Å². The van der Waals surface area contributed by atoms with Gasteiger partial charge in [-0.3, -0.25) is 0 Å². The lowest BCUT2D eigenvalue weighted by Gasteiger charge is -2.10. The van der Waals surface area contributed by atoms with Gasteiger partial charge in [0.15, 0.2) is 5.82 Å². The fourth-order valence-electron chi connectivity index (χ4n) is 1.24. The van der Waals surface area contributed by atoms with Crippen LogP contribution in [0, 0.1) is 5.82 Å². The van der Waals surface area contributed by atoms with Crippen molar-refractivity contribution in [3.63, 3.8) is 0 Å². The van der Waals surface area contributed by atoms with Crippen molar-refractivity contribution in [3.05, 3.63) is 35.9 Å². The van der Waals surface area contributed by atoms with Crippen LogP contribution in [0.1, 0.15) is 26.6 Å². The average molecular weight is 220 g/mol. The van der Waals surface area contributed by atoms with Gasteiger partial charge in [0, 0.05) is 11.0 Å². The fraction of sp³-hybridized carbons (Fsp3) is 0.333. The van der Waals surface area contributed by atoms with Crippen LogP contribution in [0.2, 0.25) is 0 Å². The summed E-state index contributed by atoms with van der Waals surface area (Å²) in [4.78, 5) is 4.28. The largest absolute Gasteiger partial charge is 0.334 e. The van der Waals surface area contributed by atoms with Gasteiger partial charge in [0.2, 0.25) is 0 Å². The van der Waals surface area contributed by atoms with Crippen LogP contribution >= 0.6 is 0 Å². The van der Waals surface area contributed by atoms with Gasteiger partial charge in [-0.1, -0.05) is 25.9 Å². The molecule has 0 atom stereocenters. The van der Waals surface area contributed by atoms with E-state index in [-0.39, 0.29) is 11.2 Å². The predicted molar refractivity (Wildman–Crippen MR) is 58.4 cm³/mol. The van der Waals surface area contributed by atoms with Gasteiger partial charge in [-0.25, -0.2) is 4.39 Å². The Kier molecular flexibility index (Phi) is 2.50. The van der Waals surface area contributed by atoms with Crippen molar-refractivity contribution < 1.29 is 8.91 Å². The zero-order chi connectivity index (χ0) is 11.8. The smallest absolute Gasteiger partial charge is 0.257 e. The highest BCUT2D eigenvalue weighted by Gasteiger charge is 2.21. The van der Waals surface area contributed by atoms with E-state index >= 15 is 0 Å². The predicted octanol–water partition coefficient (Wildman–Crippen LogP) is 3.17. The standard InChI is InChI=1S/C12H13FN2O/c1-12(2,3)11-14-10(16-15-11)8-4-6-9(13)7-5-8/h4-7H,1-3H3. The molecule has 0 fully saturated rings. The molecule has 0 saturated heterocycles. The molecule has 0 spiro atoms. The summed E-state index contributed by atoms with van der Waals surface area (Å²) in [5, 5.41) is 3.91. The monoisotopic (exact) mass is 220 g/mol. The maximum absolute atomic E-state index is 12.7. The van der Waals surface area contributed by atoms with Crippen molar-refractivity contribution >= 4 is 0 Å². The normalized spacial score (nSPS) is 11.8. The molecule has 1 aromatic heterocycles. The molecule has 3 nitrogen and oxygen atoms in total. The molecule has 0 radical (unpaired) electrons. The summed E-state index contributed by atoms with van der Waals surface area (Å²) in [5.41, 5.74) is 0.575. The van der Waals surface area contributed by atoms with Crippen LogP contribution in [-0.4, -0.2) is 10.1 Å². The third kappa shape index (κ3) is 2.10. The molecule has 4 heteroatoms. The zero-order valence-electron chi connectivity index (χ0n) is 9.49. The van der Waals surface area contributed by atoms with Gasteiger partial charge in [-0.05, 0) is 24.3 Å². The molecule has 1 heterocycles. The molecule has 0 amide bonds. The SMILES string of the molecule is CC(C)(C)c1noc(-c2ccc(F)cc2)n1. The number of halogens is 1. The minimum absolute atomic E-state index is 0.151. The molecule has 2 aromatic rings. The number of hydrogen-bond acceptors (Lipinski definition) is 3. The van der Waals surface area contributed by atoms with Gasteiger partial charge in [0.25, 0.3) is 5.89 Å². The molecule has 0 saturated carbocycles. The van der Waals surface area contributed by atoms with Crippen molar-refractivity contribution in [2.24, 2.45) is 0 Å². The van der Waals surface area contributed by atoms with Gasteiger partial charge in [0.05, 0.1) is 0 Å². The maximum Gasteiger partial charge on any atom is 0.257 e. The van der Waals surface area contributed by atoms with Gasteiger partial charge in [-0.15, -0.1) is 0 Å². The van der Waals surface area contributed by atoms with Crippen molar-refractivity contribution in [1.29, 1.82) is 0 Å². The summed E-state index contributed by atoms with van der Waals surface area (Å²) in [6, 6.07) is 5.98. The molecule has 16 heavy (non-hydrogen) atoms. The van der Waals surface area contributed by atoms with E-state index in [9.17, 15) is 4.39 Å². The molecule has 0 aliphatic heterocycles. The first-order chi connectivity index (χ1) is 7.47. The number of nitrogens with zero attached hydrogens (tertiary/aromatic N) is 2. The molecule has 0 unspecified atom stereocenters. The lowest BCUT2D eigenvalue weighted by atomic mass is 9.96. The van der Waals surface area contributed by atoms with E-state index in [1.165, 1.54) is 12.1 Å². The van der Waals surface area contributed by atoms with Crippen LogP contribution in [-0.2, 0) is 5.41 Å². The Labute approximate surface area is 93.3 Å². The first-order valence-corrected chi connectivity index (χ1v) is 5.07. The Hall–Kier alpha value is -1.71. The summed E-state index contributed by atoms with van der Waals surface area (Å²) >= 11 is 0. The van der Waals surface area contributed by atoms with Crippen LogP contribution in [0.3, 0.4) is 0 Å². The van der Waals surface area contributed by atoms with Crippen LogP contribution in [0.4, 0.5) is 4.39 Å². The van der Waals surface area contributed by atoms with Crippen molar-refractivity contribution in [2.45, 2.75) is 26.2 Å². The highest BCUT2D eigenvalue weighted by Crippen LogP contribution is 2.23. The molecule has 0 aliphatic rings. The number of aromatic nitrogens is 2. The van der Waals surface area contributed by atoms with Gasteiger partial charge in [0.1, 0.15) is 5.82 Å². The minimum Gasteiger partial charge on any atom is -0.334 e. The van der Waals surface area contributed by atoms with E-state index < -0.39 is 0 Å². The van der Waals surface area contributed by atoms with Gasteiger partial charge in [-0.2, -0.15) is 4.98 Å². The quantitative estimate of drug-likeness (QED) is 0.740. The first kappa shape index (κ1) is 10.8. The van der Waals surface area contributed by atoms with Gasteiger partial charge < -0.3 is 4.52 Å². The molecule has 0 N–H and O–H groups in total. The van der Waals surface area contributed by atoms with E-state index in [1.54, 1.807) is 12.1 Å². The van der Waals surface area contributed by atoms with Crippen LogP contribution in [0.15, 0.2) is 28.8 Å². The second-order valence-corrected chi connectivity index (χ2v) is 4.68. The second kappa shape index (κ2) is 3.70. The first-order valence-electron chi connectivity index (χ1n) is 5.07. The fourth-order valence-corrected chi connectivity index (χ4v) is 1.24. The van der Waals surface area contributed by atoms with E-state index in [1.807, 2.05) is 20.8 Å². The third-order valence-electron chi connectivity index (χ3n) is 2.19. The van der Waals surface area contributed by atoms with Gasteiger partial charge >= 0.3 is 0 Å². The Morgan fingerprint density at radius 1 is 1.12 bits per heavy atom. The summed E-state index contributed by atoms with van der Waals surface area (Å²) in [5.74, 6) is 0.788. The average Bonchev–Trinajstić information content (AvgIpc) is 2.67. The van der Waals surface area contributed by atoms with Crippen molar-refractivity contribution in [3.8, 4) is 11.5 Å². The molecular formula is C12H13FN2O. The summed E-state index contributed by atoms with van der Waals surface area (Å²) in [6.45, 7) is 6.02. The lowest BCUT2D eigenvalue weighted by molar-refractivity contribution is 0.402. The molecule has 0 bridgehead atoms. The highest BCUT2D eigenvalue weighted by atomic mass is 19.1. The van der Waals surface area contributed by atoms with Crippen LogP contribution in [0.25, 0.3) is 11.5 Å². The number of hydrogen-bond donors (Lipinski definition) is 0. The zero-order valence-corrected chi connectivity index (χ0v) is 9.49. The number of benzene rings is 1. The number of rotatable bonds is 1. The Balaban J connectivity index is 2.35. The molecule has 0 aliphatic carbocycles. The topological polar surface area (TPSA) is 38.9 Å². The molecule has 84 valence electrons. The van der Waals surface area contributed by atoms with Crippen LogP contribution < -0.4 is 0 Å². The van der Waals surface area contributed by atoms with E-state index in [2.05, 4.69) is 10.1 Å². The minimum atomic E-state index is -0.278. The Bertz CT molecular complexity index is 482. The summed E-state index contributed by atoms with van der Waals surface area (Å²) < 4.78 is 17.9. The summed E-state index contributed by atoms with van der Waals surface area (Å²) in [7, 11) is 0. The maximum atomic E-state index is 12.7. The molecular weight excluding hydrogens is 207 g/mol. The summed E-state index contributed by atoms with van der Waals surface area (Å²) in [6.07, 6.45) is 0. The highest BCUT2D eigenvalue weighted by molar-refractivity contribution is 5.52. The molecule has 1 aromatic carbocycles. The second-order valence-electron chi connectivity index (χ2n) is 4.68. The van der Waals surface area contributed by atoms with E-state index in [0.717, 1.165) is 5.56 Å². The Morgan fingerprint density at radius 2 is 1.75 bits per heavy atom.